The second-order valence-electron chi connectivity index (χ2n) is 7.07. The van der Waals surface area contributed by atoms with Gasteiger partial charge in [0.15, 0.2) is 5.82 Å². The molecular formula is C22H20ClF2N3O5S2. The number of halogens is 3. The van der Waals surface area contributed by atoms with Gasteiger partial charge in [-0.1, -0.05) is 17.7 Å². The van der Waals surface area contributed by atoms with Crippen molar-refractivity contribution in [3.05, 3.63) is 75.3 Å². The molecule has 0 aliphatic rings. The summed E-state index contributed by atoms with van der Waals surface area (Å²) >= 11 is 7.18. The maximum Gasteiger partial charge on any atom is 0.427 e. The fourth-order valence-corrected chi connectivity index (χ4v) is 5.29. The van der Waals surface area contributed by atoms with Crippen LogP contribution in [0.4, 0.5) is 25.1 Å². The van der Waals surface area contributed by atoms with E-state index >= 15 is 0 Å². The minimum atomic E-state index is -4.89. The van der Waals surface area contributed by atoms with Gasteiger partial charge in [-0.3, -0.25) is 0 Å². The summed E-state index contributed by atoms with van der Waals surface area (Å²) in [4.78, 5) is 14.3. The molecule has 0 fully saturated rings. The van der Waals surface area contributed by atoms with Gasteiger partial charge in [0.05, 0.1) is 35.1 Å². The number of benzene rings is 2. The molecule has 0 saturated heterocycles. The Balaban J connectivity index is 1.92. The number of amides is 1. The molecule has 0 aliphatic carbocycles. The van der Waals surface area contributed by atoms with Crippen LogP contribution in [0.15, 0.2) is 52.4 Å². The van der Waals surface area contributed by atoms with E-state index in [0.29, 0.717) is 12.2 Å². The molecule has 3 rings (SSSR count). The third-order valence-electron chi connectivity index (χ3n) is 4.72. The van der Waals surface area contributed by atoms with Gasteiger partial charge in [-0.2, -0.15) is 0 Å². The summed E-state index contributed by atoms with van der Waals surface area (Å²) in [5.41, 5.74) is 2.13. The molecule has 0 radical (unpaired) electrons. The molecular weight excluding hydrogens is 524 g/mol. The zero-order valence-corrected chi connectivity index (χ0v) is 20.8. The normalized spacial score (nSPS) is 12.5. The summed E-state index contributed by atoms with van der Waals surface area (Å²) in [5, 5.41) is 13.2. The van der Waals surface area contributed by atoms with Crippen LogP contribution in [-0.2, 0) is 14.8 Å². The van der Waals surface area contributed by atoms with E-state index in [9.17, 15) is 27.1 Å². The maximum absolute atomic E-state index is 14.9. The van der Waals surface area contributed by atoms with Crippen molar-refractivity contribution >= 4 is 56.6 Å². The zero-order valence-electron chi connectivity index (χ0n) is 18.4. The van der Waals surface area contributed by atoms with Crippen LogP contribution < -0.4 is 9.62 Å². The van der Waals surface area contributed by atoms with Crippen LogP contribution in [0.3, 0.4) is 0 Å². The first-order chi connectivity index (χ1) is 16.6. The van der Waals surface area contributed by atoms with Crippen molar-refractivity contribution < 1.29 is 31.8 Å². The first-order valence-corrected chi connectivity index (χ1v) is 12.8. The van der Waals surface area contributed by atoms with E-state index in [4.69, 9.17) is 16.3 Å². The zero-order chi connectivity index (χ0) is 25.8. The van der Waals surface area contributed by atoms with Crippen molar-refractivity contribution in [1.29, 1.82) is 0 Å². The summed E-state index contributed by atoms with van der Waals surface area (Å²) in [7, 11) is -4.89. The number of ether oxygens (including phenoxy) is 1. The van der Waals surface area contributed by atoms with Crippen LogP contribution in [0.2, 0.25) is 5.02 Å². The predicted molar refractivity (Wildman–Crippen MR) is 130 cm³/mol. The Morgan fingerprint density at radius 3 is 2.69 bits per heavy atom. The van der Waals surface area contributed by atoms with E-state index in [1.165, 1.54) is 23.2 Å². The molecule has 1 aromatic heterocycles. The molecule has 1 heterocycles. The lowest BCUT2D eigenvalue weighted by Gasteiger charge is -2.20. The summed E-state index contributed by atoms with van der Waals surface area (Å²) in [5.74, 6) is -2.17. The molecule has 0 bridgehead atoms. The first-order valence-electron chi connectivity index (χ1n) is 10.1. The molecule has 3 aromatic rings. The van der Waals surface area contributed by atoms with Gasteiger partial charge in [-0.25, -0.2) is 27.0 Å². The molecule has 2 N–H and O–H groups in total. The molecule has 0 spiro atoms. The maximum atomic E-state index is 14.9. The molecule has 1 unspecified atom stereocenters. The van der Waals surface area contributed by atoms with Crippen LogP contribution in [0.25, 0.3) is 6.08 Å². The van der Waals surface area contributed by atoms with Crippen molar-refractivity contribution in [3.63, 3.8) is 0 Å². The Morgan fingerprint density at radius 2 is 2.06 bits per heavy atom. The number of aromatic nitrogens is 1. The number of anilines is 2. The second kappa shape index (κ2) is 11.0. The van der Waals surface area contributed by atoms with Crippen LogP contribution >= 0.6 is 22.9 Å². The molecule has 0 aliphatic heterocycles. The summed E-state index contributed by atoms with van der Waals surface area (Å²) < 4.78 is 60.3. The van der Waals surface area contributed by atoms with Gasteiger partial charge in [0.2, 0.25) is 0 Å². The number of hydrogen-bond donors (Lipinski definition) is 2. The van der Waals surface area contributed by atoms with Crippen molar-refractivity contribution in [1.82, 2.24) is 4.98 Å². The highest BCUT2D eigenvalue weighted by Gasteiger charge is 2.35. The molecule has 186 valence electrons. The van der Waals surface area contributed by atoms with Gasteiger partial charge < -0.3 is 15.2 Å². The largest absolute Gasteiger partial charge is 0.501 e. The second-order valence-corrected chi connectivity index (χ2v) is 9.95. The third kappa shape index (κ3) is 5.89. The molecule has 1 amide bonds. The lowest BCUT2D eigenvalue weighted by Crippen LogP contribution is -2.36. The van der Waals surface area contributed by atoms with Gasteiger partial charge in [-0.05, 0) is 49.8 Å². The number of nitrogens with zero attached hydrogens (tertiary/aromatic N) is 2. The van der Waals surface area contributed by atoms with Crippen molar-refractivity contribution in [2.24, 2.45) is 0 Å². The third-order valence-corrected chi connectivity index (χ3v) is 7.30. The first kappa shape index (κ1) is 26.4. The molecule has 8 nitrogen and oxygen atoms in total. The number of rotatable bonds is 9. The fourth-order valence-electron chi connectivity index (χ4n) is 3.10. The molecule has 0 saturated carbocycles. The topological polar surface area (TPSA) is 109 Å². The number of thiazole rings is 1. The SMILES string of the molecule is CCOC=Cc1ccc(F)c(C(C)Nc2cc(F)c(S(=O)(=O)N(C(=O)O)c3cscn3)cc2Cl)c1. The van der Waals surface area contributed by atoms with E-state index in [1.807, 2.05) is 6.92 Å². The standard InChI is InChI=1S/C22H20ClF2N3O5S2/c1-3-33-7-6-14-4-5-17(24)15(8-14)13(2)27-19-10-18(25)20(9-16(19)23)35(31,32)28(22(29)30)21-11-34-12-26-21/h4-13,27H,3H2,1-2H3,(H,29,30). The lowest BCUT2D eigenvalue weighted by atomic mass is 10.0. The Bertz CT molecular complexity index is 1350. The fraction of sp³-hybridized carbons (Fsp3) is 0.182. The van der Waals surface area contributed by atoms with Crippen LogP contribution in [-0.4, -0.2) is 31.2 Å². The minimum absolute atomic E-state index is 0.0131. The summed E-state index contributed by atoms with van der Waals surface area (Å²) in [6, 6.07) is 5.31. The Hall–Kier alpha value is -3.22. The predicted octanol–water partition coefficient (Wildman–Crippen LogP) is 6.13. The quantitative estimate of drug-likeness (QED) is 0.312. The van der Waals surface area contributed by atoms with Gasteiger partial charge in [-0.15, -0.1) is 15.6 Å². The van der Waals surface area contributed by atoms with Crippen LogP contribution in [0, 0.1) is 11.6 Å². The molecule has 13 heteroatoms. The highest BCUT2D eigenvalue weighted by molar-refractivity contribution is 7.93. The van der Waals surface area contributed by atoms with Gasteiger partial charge >= 0.3 is 6.09 Å². The Morgan fingerprint density at radius 1 is 1.31 bits per heavy atom. The van der Waals surface area contributed by atoms with Gasteiger partial charge in [0.25, 0.3) is 10.0 Å². The van der Waals surface area contributed by atoms with E-state index in [-0.39, 0.29) is 20.6 Å². The van der Waals surface area contributed by atoms with E-state index in [1.54, 1.807) is 25.1 Å². The van der Waals surface area contributed by atoms with E-state index in [0.717, 1.165) is 23.5 Å². The average molecular weight is 544 g/mol. The average Bonchev–Trinajstić information content (AvgIpc) is 3.30. The number of nitrogens with one attached hydrogen (secondary N) is 1. The summed E-state index contributed by atoms with van der Waals surface area (Å²) in [6.07, 6.45) is 1.27. The van der Waals surface area contributed by atoms with Gasteiger partial charge in [0.1, 0.15) is 16.5 Å². The highest BCUT2D eigenvalue weighted by atomic mass is 35.5. The van der Waals surface area contributed by atoms with Crippen LogP contribution in [0.5, 0.6) is 0 Å². The van der Waals surface area contributed by atoms with Crippen molar-refractivity contribution in [2.75, 3.05) is 16.2 Å². The smallest absolute Gasteiger partial charge is 0.427 e. The van der Waals surface area contributed by atoms with E-state index in [2.05, 4.69) is 10.3 Å². The molecule has 35 heavy (non-hydrogen) atoms. The minimum Gasteiger partial charge on any atom is -0.501 e. The monoisotopic (exact) mass is 543 g/mol. The van der Waals surface area contributed by atoms with Crippen molar-refractivity contribution in [3.8, 4) is 0 Å². The Kier molecular flexibility index (Phi) is 8.30. The number of hydrogen-bond acceptors (Lipinski definition) is 7. The van der Waals surface area contributed by atoms with Crippen LogP contribution in [0.1, 0.15) is 31.0 Å². The van der Waals surface area contributed by atoms with Gasteiger partial charge in [0, 0.05) is 10.9 Å². The number of carbonyl (C=O) groups is 1. The van der Waals surface area contributed by atoms with E-state index < -0.39 is 44.5 Å². The summed E-state index contributed by atoms with van der Waals surface area (Å²) in [6.45, 7) is 3.91. The molecule has 2 aromatic carbocycles. The lowest BCUT2D eigenvalue weighted by molar-refractivity contribution is 0.206. The number of carboxylic acid groups (broad SMARTS) is 1. The number of sulfonamides is 1. The highest BCUT2D eigenvalue weighted by Crippen LogP contribution is 2.34. The van der Waals surface area contributed by atoms with Crippen molar-refractivity contribution in [2.45, 2.75) is 24.8 Å². The Labute approximate surface area is 209 Å². The molecule has 1 atom stereocenters.